The third-order valence-electron chi connectivity index (χ3n) is 2.83. The van der Waals surface area contributed by atoms with Crippen LogP contribution >= 0.6 is 0 Å². The van der Waals surface area contributed by atoms with E-state index < -0.39 is 10.0 Å². The summed E-state index contributed by atoms with van der Waals surface area (Å²) >= 11 is 0. The lowest BCUT2D eigenvalue weighted by Gasteiger charge is -2.16. The zero-order valence-electron chi connectivity index (χ0n) is 11.2. The smallest absolute Gasteiger partial charge is 0.248 e. The number of hydrogen-bond acceptors (Lipinski definition) is 5. The van der Waals surface area contributed by atoms with Gasteiger partial charge in [0.1, 0.15) is 10.6 Å². The van der Waals surface area contributed by atoms with E-state index in [9.17, 15) is 13.5 Å². The Morgan fingerprint density at radius 2 is 2.15 bits per heavy atom. The van der Waals surface area contributed by atoms with Crippen molar-refractivity contribution >= 4 is 15.8 Å². The maximum atomic E-state index is 12.4. The summed E-state index contributed by atoms with van der Waals surface area (Å²) in [5.41, 5.74) is 6.28. The van der Waals surface area contributed by atoms with E-state index in [0.717, 1.165) is 4.31 Å². The van der Waals surface area contributed by atoms with E-state index in [0.29, 0.717) is 5.56 Å². The second-order valence-corrected chi connectivity index (χ2v) is 6.50. The Balaban J connectivity index is 2.28. The topological polar surface area (TPSA) is 101 Å². The van der Waals surface area contributed by atoms with Crippen molar-refractivity contribution in [2.24, 2.45) is 7.05 Å². The van der Waals surface area contributed by atoms with E-state index in [1.807, 2.05) is 0 Å². The summed E-state index contributed by atoms with van der Waals surface area (Å²) in [6.45, 7) is 0.130. The fraction of sp³-hybridized carbons (Fsp3) is 0.250. The van der Waals surface area contributed by atoms with Crippen molar-refractivity contribution in [2.45, 2.75) is 11.4 Å². The van der Waals surface area contributed by atoms with Crippen molar-refractivity contribution in [2.75, 3.05) is 12.8 Å². The minimum absolute atomic E-state index is 0.0253. The molecule has 0 aliphatic rings. The highest BCUT2D eigenvalue weighted by molar-refractivity contribution is 7.89. The number of aryl methyl sites for hydroxylation is 1. The number of sulfonamides is 1. The molecule has 1 aromatic carbocycles. The third kappa shape index (κ3) is 2.75. The van der Waals surface area contributed by atoms with Gasteiger partial charge in [-0.3, -0.25) is 4.68 Å². The van der Waals surface area contributed by atoms with Gasteiger partial charge in [-0.1, -0.05) is 12.1 Å². The van der Waals surface area contributed by atoms with E-state index in [4.69, 9.17) is 5.73 Å². The van der Waals surface area contributed by atoms with E-state index in [1.54, 1.807) is 19.2 Å². The van der Waals surface area contributed by atoms with Crippen LogP contribution in [0.5, 0.6) is 5.75 Å². The summed E-state index contributed by atoms with van der Waals surface area (Å²) in [4.78, 5) is -0.0253. The summed E-state index contributed by atoms with van der Waals surface area (Å²) in [5.74, 6) is 0.0597. The summed E-state index contributed by atoms with van der Waals surface area (Å²) in [6.07, 6.45) is 1.36. The van der Waals surface area contributed by atoms with E-state index >= 15 is 0 Å². The van der Waals surface area contributed by atoms with Crippen LogP contribution < -0.4 is 5.73 Å². The molecule has 0 aliphatic heterocycles. The number of phenols is 1. The van der Waals surface area contributed by atoms with Gasteiger partial charge in [-0.25, -0.2) is 8.42 Å². The van der Waals surface area contributed by atoms with E-state index in [-0.39, 0.29) is 23.0 Å². The predicted octanol–water partition coefficient (Wildman–Crippen LogP) is 0.529. The Morgan fingerprint density at radius 3 is 2.70 bits per heavy atom. The number of phenolic OH excluding ortho intramolecular Hbond substituents is 1. The average molecular weight is 296 g/mol. The number of aromatic nitrogens is 2. The lowest BCUT2D eigenvalue weighted by atomic mass is 10.2. The largest absolute Gasteiger partial charge is 0.508 e. The van der Waals surface area contributed by atoms with Crippen LogP contribution in [0.25, 0.3) is 0 Å². The minimum Gasteiger partial charge on any atom is -0.508 e. The molecule has 0 saturated heterocycles. The molecular formula is C12H16N4O3S. The van der Waals surface area contributed by atoms with Gasteiger partial charge in [-0.15, -0.1) is 0 Å². The maximum Gasteiger partial charge on any atom is 0.248 e. The fourth-order valence-corrected chi connectivity index (χ4v) is 3.09. The van der Waals surface area contributed by atoms with Gasteiger partial charge in [0, 0.05) is 26.8 Å². The first-order chi connectivity index (χ1) is 9.30. The molecule has 1 heterocycles. The van der Waals surface area contributed by atoms with Gasteiger partial charge < -0.3 is 10.8 Å². The number of benzene rings is 1. The predicted molar refractivity (Wildman–Crippen MR) is 74.4 cm³/mol. The van der Waals surface area contributed by atoms with Crippen LogP contribution in [0, 0.1) is 0 Å². The lowest BCUT2D eigenvalue weighted by molar-refractivity contribution is 0.458. The molecule has 0 atom stereocenters. The summed E-state index contributed by atoms with van der Waals surface area (Å²) in [7, 11) is -0.664. The van der Waals surface area contributed by atoms with E-state index in [1.165, 1.54) is 30.1 Å². The van der Waals surface area contributed by atoms with Gasteiger partial charge in [0.25, 0.3) is 0 Å². The molecular weight excluding hydrogens is 280 g/mol. The van der Waals surface area contributed by atoms with E-state index in [2.05, 4.69) is 5.10 Å². The van der Waals surface area contributed by atoms with Gasteiger partial charge in [0.2, 0.25) is 10.0 Å². The lowest BCUT2D eigenvalue weighted by Crippen LogP contribution is -2.26. The molecule has 0 aliphatic carbocycles. The zero-order chi connectivity index (χ0) is 14.9. The fourth-order valence-electron chi connectivity index (χ4n) is 1.85. The van der Waals surface area contributed by atoms with Crippen LogP contribution in [0.2, 0.25) is 0 Å². The van der Waals surface area contributed by atoms with Crippen LogP contribution in [0.15, 0.2) is 35.4 Å². The Morgan fingerprint density at radius 1 is 1.45 bits per heavy atom. The van der Waals surface area contributed by atoms with Gasteiger partial charge in [0.15, 0.2) is 5.82 Å². The molecule has 3 N–H and O–H groups in total. The first-order valence-electron chi connectivity index (χ1n) is 5.84. The average Bonchev–Trinajstić information content (AvgIpc) is 2.69. The summed E-state index contributed by atoms with van der Waals surface area (Å²) < 4.78 is 27.3. The number of nitrogen functional groups attached to an aromatic ring is 1. The summed E-state index contributed by atoms with van der Waals surface area (Å²) in [6, 6.07) is 6.43. The SMILES string of the molecule is CN(Cc1cccc(O)c1)S(=O)(=O)c1cn(C)nc1N. The maximum absolute atomic E-state index is 12.4. The van der Waals surface area contributed by atoms with Gasteiger partial charge in [-0.05, 0) is 17.7 Å². The van der Waals surface area contributed by atoms with Crippen molar-refractivity contribution in [1.82, 2.24) is 14.1 Å². The quantitative estimate of drug-likeness (QED) is 0.857. The molecule has 0 saturated carbocycles. The summed E-state index contributed by atoms with van der Waals surface area (Å²) in [5, 5.41) is 13.2. The molecule has 2 rings (SSSR count). The Labute approximate surface area is 117 Å². The number of rotatable bonds is 4. The second-order valence-electron chi connectivity index (χ2n) is 4.48. The normalized spacial score (nSPS) is 11.9. The first kappa shape index (κ1) is 14.4. The minimum atomic E-state index is -3.72. The first-order valence-corrected chi connectivity index (χ1v) is 7.28. The molecule has 20 heavy (non-hydrogen) atoms. The Bertz CT molecular complexity index is 724. The van der Waals surface area contributed by atoms with Crippen LogP contribution in [0.3, 0.4) is 0 Å². The molecule has 108 valence electrons. The van der Waals surface area contributed by atoms with Crippen LogP contribution in [0.4, 0.5) is 5.82 Å². The number of anilines is 1. The molecule has 1 aromatic heterocycles. The highest BCUT2D eigenvalue weighted by atomic mass is 32.2. The molecule has 8 heteroatoms. The highest BCUT2D eigenvalue weighted by Crippen LogP contribution is 2.22. The van der Waals surface area contributed by atoms with Gasteiger partial charge in [0.05, 0.1) is 0 Å². The number of aromatic hydroxyl groups is 1. The standard InChI is InChI=1S/C12H16N4O3S/c1-15-8-11(12(13)14-15)20(18,19)16(2)7-9-4-3-5-10(17)6-9/h3-6,8,17H,7H2,1-2H3,(H2,13,14). The molecule has 0 radical (unpaired) electrons. The molecule has 2 aromatic rings. The molecule has 0 fully saturated rings. The molecule has 0 amide bonds. The molecule has 0 unspecified atom stereocenters. The van der Waals surface area contributed by atoms with Crippen LogP contribution in [-0.2, 0) is 23.6 Å². The van der Waals surface area contributed by atoms with Crippen LogP contribution in [-0.4, -0.2) is 34.7 Å². The van der Waals surface area contributed by atoms with Gasteiger partial charge in [-0.2, -0.15) is 9.40 Å². The highest BCUT2D eigenvalue weighted by Gasteiger charge is 2.25. The number of hydrogen-bond donors (Lipinski definition) is 2. The molecule has 0 spiro atoms. The molecule has 0 bridgehead atoms. The molecule has 7 nitrogen and oxygen atoms in total. The third-order valence-corrected chi connectivity index (χ3v) is 4.65. The zero-order valence-corrected chi connectivity index (χ0v) is 12.0. The van der Waals surface area contributed by atoms with Crippen molar-refractivity contribution < 1.29 is 13.5 Å². The van der Waals surface area contributed by atoms with Crippen molar-refractivity contribution in [3.63, 3.8) is 0 Å². The van der Waals surface area contributed by atoms with Crippen molar-refractivity contribution in [3.05, 3.63) is 36.0 Å². The van der Waals surface area contributed by atoms with Crippen LogP contribution in [0.1, 0.15) is 5.56 Å². The van der Waals surface area contributed by atoms with Crippen molar-refractivity contribution in [1.29, 1.82) is 0 Å². The Hall–Kier alpha value is -2.06. The Kier molecular flexibility index (Phi) is 3.69. The monoisotopic (exact) mass is 296 g/mol. The van der Waals surface area contributed by atoms with Gasteiger partial charge >= 0.3 is 0 Å². The second kappa shape index (κ2) is 5.14. The number of nitrogens with zero attached hydrogens (tertiary/aromatic N) is 3. The number of nitrogens with two attached hydrogens (primary N) is 1. The van der Waals surface area contributed by atoms with Crippen molar-refractivity contribution in [3.8, 4) is 5.75 Å².